The van der Waals surface area contributed by atoms with Crippen LogP contribution in [-0.4, -0.2) is 41.3 Å². The van der Waals surface area contributed by atoms with Gasteiger partial charge in [0, 0.05) is 30.6 Å². The largest absolute Gasteiger partial charge is 0.416 e. The fourth-order valence-corrected chi connectivity index (χ4v) is 3.89. The number of rotatable bonds is 6. The second-order valence-electron chi connectivity index (χ2n) is 5.63. The zero-order valence-corrected chi connectivity index (χ0v) is 13.9. The Bertz CT molecular complexity index is 516. The summed E-state index contributed by atoms with van der Waals surface area (Å²) < 4.78 is 40.7. The number of benzene rings is 1. The van der Waals surface area contributed by atoms with Crippen LogP contribution in [-0.2, 0) is 11.0 Å². The number of amides is 1. The number of halogens is 3. The van der Waals surface area contributed by atoms with Crippen molar-refractivity contribution >= 4 is 18.4 Å². The molecule has 128 valence electrons. The fourth-order valence-electron chi connectivity index (χ4n) is 2.67. The molecule has 1 amide bonds. The highest BCUT2D eigenvalue weighted by Gasteiger charge is 2.31. The van der Waals surface area contributed by atoms with E-state index in [4.69, 9.17) is 0 Å². The second kappa shape index (κ2) is 8.06. The van der Waals surface area contributed by atoms with Crippen LogP contribution in [0.15, 0.2) is 29.2 Å². The molecule has 2 rings (SSSR count). The molecule has 0 unspecified atom stereocenters. The molecule has 0 saturated carbocycles. The Morgan fingerprint density at radius 1 is 1.35 bits per heavy atom. The lowest BCUT2D eigenvalue weighted by Gasteiger charge is -2.36. The predicted molar refractivity (Wildman–Crippen MR) is 85.0 cm³/mol. The molecule has 0 atom stereocenters. The van der Waals surface area contributed by atoms with Crippen LogP contribution >= 0.6 is 11.9 Å². The standard InChI is InChI=1S/C16H21F3N2OS/c1-2-8-21(14-6-9-20(12-22)10-7-14)23-15-5-3-4-13(11-15)16(17,18)19/h3-5,11-12,14H,2,6-10H2,1H3. The Hall–Kier alpha value is -1.21. The topological polar surface area (TPSA) is 23.6 Å². The number of likely N-dealkylation sites (tertiary alicyclic amines) is 1. The van der Waals surface area contributed by atoms with E-state index in [1.807, 2.05) is 0 Å². The normalized spacial score (nSPS) is 16.8. The maximum absolute atomic E-state index is 12.8. The molecule has 1 aromatic rings. The number of nitrogens with zero attached hydrogens (tertiary/aromatic N) is 2. The number of alkyl halides is 3. The smallest absolute Gasteiger partial charge is 0.345 e. The van der Waals surface area contributed by atoms with Crippen LogP contribution < -0.4 is 0 Å². The van der Waals surface area contributed by atoms with Crippen LogP contribution in [0.5, 0.6) is 0 Å². The lowest BCUT2D eigenvalue weighted by Crippen LogP contribution is -2.42. The van der Waals surface area contributed by atoms with Crippen molar-refractivity contribution in [3.05, 3.63) is 29.8 Å². The van der Waals surface area contributed by atoms with Gasteiger partial charge in [-0.3, -0.25) is 4.79 Å². The van der Waals surface area contributed by atoms with Crippen molar-refractivity contribution in [1.82, 2.24) is 9.21 Å². The van der Waals surface area contributed by atoms with Crippen LogP contribution in [0, 0.1) is 0 Å². The number of hydrogen-bond acceptors (Lipinski definition) is 3. The number of piperidine rings is 1. The van der Waals surface area contributed by atoms with Crippen molar-refractivity contribution in [2.45, 2.75) is 43.3 Å². The summed E-state index contributed by atoms with van der Waals surface area (Å²) >= 11 is 1.39. The molecule has 1 aliphatic rings. The molecule has 1 saturated heterocycles. The van der Waals surface area contributed by atoms with Gasteiger partial charge in [-0.15, -0.1) is 0 Å². The van der Waals surface area contributed by atoms with Gasteiger partial charge in [-0.2, -0.15) is 13.2 Å². The Balaban J connectivity index is 2.06. The molecule has 0 aliphatic carbocycles. The van der Waals surface area contributed by atoms with E-state index in [2.05, 4.69) is 11.2 Å². The van der Waals surface area contributed by atoms with Crippen LogP contribution in [0.3, 0.4) is 0 Å². The van der Waals surface area contributed by atoms with Crippen LogP contribution in [0.1, 0.15) is 31.7 Å². The van der Waals surface area contributed by atoms with E-state index in [1.54, 1.807) is 11.0 Å². The highest BCUT2D eigenvalue weighted by molar-refractivity contribution is 7.97. The first-order chi connectivity index (χ1) is 10.9. The van der Waals surface area contributed by atoms with Gasteiger partial charge in [-0.05, 0) is 49.4 Å². The van der Waals surface area contributed by atoms with Crippen molar-refractivity contribution in [3.8, 4) is 0 Å². The molecular formula is C16H21F3N2OS. The lowest BCUT2D eigenvalue weighted by atomic mass is 10.1. The first kappa shape index (κ1) is 18.1. The third-order valence-corrected chi connectivity index (χ3v) is 5.06. The van der Waals surface area contributed by atoms with Gasteiger partial charge in [0.25, 0.3) is 0 Å². The average Bonchev–Trinajstić information content (AvgIpc) is 2.54. The minimum absolute atomic E-state index is 0.283. The van der Waals surface area contributed by atoms with Gasteiger partial charge >= 0.3 is 6.18 Å². The van der Waals surface area contributed by atoms with Gasteiger partial charge in [0.05, 0.1) is 5.56 Å². The van der Waals surface area contributed by atoms with Crippen molar-refractivity contribution in [1.29, 1.82) is 0 Å². The van der Waals surface area contributed by atoms with E-state index < -0.39 is 11.7 Å². The fraction of sp³-hybridized carbons (Fsp3) is 0.562. The summed E-state index contributed by atoms with van der Waals surface area (Å²) in [4.78, 5) is 13.1. The number of hydrogen-bond donors (Lipinski definition) is 0. The van der Waals surface area contributed by atoms with Crippen molar-refractivity contribution in [2.24, 2.45) is 0 Å². The third-order valence-electron chi connectivity index (χ3n) is 3.88. The SMILES string of the molecule is CCCN(Sc1cccc(C(F)(F)F)c1)C1CCN(C=O)CC1. The van der Waals surface area contributed by atoms with Crippen molar-refractivity contribution < 1.29 is 18.0 Å². The van der Waals surface area contributed by atoms with Gasteiger partial charge in [0.2, 0.25) is 6.41 Å². The summed E-state index contributed by atoms with van der Waals surface area (Å²) in [7, 11) is 0. The van der Waals surface area contributed by atoms with E-state index in [0.29, 0.717) is 18.0 Å². The first-order valence-electron chi connectivity index (χ1n) is 7.75. The molecule has 23 heavy (non-hydrogen) atoms. The van der Waals surface area contributed by atoms with Gasteiger partial charge < -0.3 is 4.90 Å². The van der Waals surface area contributed by atoms with E-state index in [-0.39, 0.29) is 6.04 Å². The molecule has 1 aromatic carbocycles. The van der Waals surface area contributed by atoms with E-state index >= 15 is 0 Å². The Morgan fingerprint density at radius 2 is 2.04 bits per heavy atom. The Morgan fingerprint density at radius 3 is 2.61 bits per heavy atom. The summed E-state index contributed by atoms with van der Waals surface area (Å²) in [6.07, 6.45) is -0.822. The van der Waals surface area contributed by atoms with E-state index in [9.17, 15) is 18.0 Å². The van der Waals surface area contributed by atoms with Crippen molar-refractivity contribution in [2.75, 3.05) is 19.6 Å². The van der Waals surface area contributed by atoms with Crippen LogP contribution in [0.2, 0.25) is 0 Å². The Labute approximate surface area is 139 Å². The van der Waals surface area contributed by atoms with E-state index in [0.717, 1.165) is 38.3 Å². The number of carbonyl (C=O) groups excluding carboxylic acids is 1. The molecule has 1 aliphatic heterocycles. The monoisotopic (exact) mass is 346 g/mol. The van der Waals surface area contributed by atoms with Gasteiger partial charge in [0.1, 0.15) is 0 Å². The minimum atomic E-state index is -4.32. The summed E-state index contributed by atoms with van der Waals surface area (Å²) in [5, 5.41) is 0. The van der Waals surface area contributed by atoms with Gasteiger partial charge in [-0.1, -0.05) is 13.0 Å². The zero-order valence-electron chi connectivity index (χ0n) is 13.1. The molecule has 0 spiro atoms. The van der Waals surface area contributed by atoms with Gasteiger partial charge in [0.15, 0.2) is 0 Å². The molecule has 0 radical (unpaired) electrons. The summed E-state index contributed by atoms with van der Waals surface area (Å²) in [6.45, 7) is 4.28. The highest BCUT2D eigenvalue weighted by Crippen LogP contribution is 2.34. The number of carbonyl (C=O) groups is 1. The van der Waals surface area contributed by atoms with Gasteiger partial charge in [-0.25, -0.2) is 4.31 Å². The minimum Gasteiger partial charge on any atom is -0.345 e. The van der Waals surface area contributed by atoms with Crippen LogP contribution in [0.25, 0.3) is 0 Å². The predicted octanol–water partition coefficient (Wildman–Crippen LogP) is 4.05. The molecule has 7 heteroatoms. The Kier molecular flexibility index (Phi) is 6.35. The molecule has 3 nitrogen and oxygen atoms in total. The second-order valence-corrected chi connectivity index (χ2v) is 6.75. The highest BCUT2D eigenvalue weighted by atomic mass is 32.2. The maximum atomic E-state index is 12.8. The zero-order chi connectivity index (χ0) is 16.9. The first-order valence-corrected chi connectivity index (χ1v) is 8.52. The summed E-state index contributed by atoms with van der Waals surface area (Å²) in [5.74, 6) is 0. The molecule has 1 heterocycles. The summed E-state index contributed by atoms with van der Waals surface area (Å²) in [5.41, 5.74) is -0.616. The third kappa shape index (κ3) is 5.14. The van der Waals surface area contributed by atoms with Crippen LogP contribution in [0.4, 0.5) is 13.2 Å². The maximum Gasteiger partial charge on any atom is 0.416 e. The molecule has 0 aromatic heterocycles. The lowest BCUT2D eigenvalue weighted by molar-refractivity contribution is -0.137. The quantitative estimate of drug-likeness (QED) is 0.574. The molecule has 1 fully saturated rings. The van der Waals surface area contributed by atoms with E-state index in [1.165, 1.54) is 24.1 Å². The molecule has 0 N–H and O–H groups in total. The summed E-state index contributed by atoms with van der Waals surface area (Å²) in [6, 6.07) is 5.74. The van der Waals surface area contributed by atoms with Crippen molar-refractivity contribution in [3.63, 3.8) is 0 Å². The molecular weight excluding hydrogens is 325 g/mol. The molecule has 0 bridgehead atoms. The average molecular weight is 346 g/mol.